The molecule has 1 aliphatic heterocycles. The third-order valence-electron chi connectivity index (χ3n) is 13.5. The molecule has 10 aromatic carbocycles. The molecule has 3 nitrogen and oxygen atoms in total. The van der Waals surface area contributed by atoms with Crippen molar-refractivity contribution >= 4 is 56.6 Å². The maximum absolute atomic E-state index is 9.97. The molecule has 2 N–H and O–H groups in total. The second-order valence-corrected chi connectivity index (χ2v) is 17.2. The molecule has 0 bridgehead atoms. The van der Waals surface area contributed by atoms with Crippen LogP contribution in [-0.4, -0.2) is 5.71 Å². The normalized spacial score (nSPS) is 13.9. The Labute approximate surface area is 391 Å². The molecule has 1 heterocycles. The highest BCUT2D eigenvalue weighted by Gasteiger charge is 2.47. The maximum atomic E-state index is 9.97. The van der Waals surface area contributed by atoms with Crippen LogP contribution >= 0.6 is 0 Å². The molecule has 67 heavy (non-hydrogen) atoms. The third-order valence-corrected chi connectivity index (χ3v) is 13.5. The van der Waals surface area contributed by atoms with Gasteiger partial charge in [0, 0.05) is 39.0 Å². The predicted molar refractivity (Wildman–Crippen MR) is 280 cm³/mol. The Morgan fingerprint density at radius 2 is 1.00 bits per heavy atom. The molecule has 0 spiro atoms. The lowest BCUT2D eigenvalue weighted by Gasteiger charge is -2.35. The van der Waals surface area contributed by atoms with E-state index in [1.165, 1.54) is 38.8 Å². The van der Waals surface area contributed by atoms with Crippen LogP contribution in [0.15, 0.2) is 255 Å². The van der Waals surface area contributed by atoms with Crippen molar-refractivity contribution in [3.05, 3.63) is 305 Å². The van der Waals surface area contributed by atoms with Gasteiger partial charge in [0.05, 0.1) is 28.2 Å². The lowest BCUT2D eigenvalue weighted by Crippen LogP contribution is -2.28. The average Bonchev–Trinajstić information content (AvgIpc) is 3.72. The van der Waals surface area contributed by atoms with Crippen molar-refractivity contribution in [1.29, 1.82) is 5.41 Å². The molecule has 0 saturated heterocycles. The van der Waals surface area contributed by atoms with Crippen LogP contribution in [0.4, 0.5) is 17.1 Å². The summed E-state index contributed by atoms with van der Waals surface area (Å²) in [5, 5.41) is 16.2. The van der Waals surface area contributed by atoms with Gasteiger partial charge in [0.2, 0.25) is 0 Å². The molecular formula is C64H45N3. The highest BCUT2D eigenvalue weighted by atomic mass is 15.1. The van der Waals surface area contributed by atoms with Crippen LogP contribution in [-0.2, 0) is 5.41 Å². The van der Waals surface area contributed by atoms with Gasteiger partial charge < -0.3 is 10.2 Å². The molecule has 12 rings (SSSR count). The van der Waals surface area contributed by atoms with Gasteiger partial charge in [-0.15, -0.1) is 0 Å². The highest BCUT2D eigenvalue weighted by Crippen LogP contribution is 2.60. The summed E-state index contributed by atoms with van der Waals surface area (Å²) in [6, 6.07) is 91.0. The Bertz CT molecular complexity index is 3490. The summed E-state index contributed by atoms with van der Waals surface area (Å²) in [6.07, 6.45) is 2.25. The molecule has 0 amide bonds. The Balaban J connectivity index is 1.17. The average molecular weight is 856 g/mol. The summed E-state index contributed by atoms with van der Waals surface area (Å²) >= 11 is 0. The Hall–Kier alpha value is -8.79. The summed E-state index contributed by atoms with van der Waals surface area (Å²) in [4.78, 5) is 2.48. The van der Waals surface area contributed by atoms with E-state index >= 15 is 0 Å². The third kappa shape index (κ3) is 6.63. The number of hydrogen-bond donors (Lipinski definition) is 2. The van der Waals surface area contributed by atoms with Gasteiger partial charge in [-0.25, -0.2) is 0 Å². The highest BCUT2D eigenvalue weighted by molar-refractivity contribution is 6.36. The molecule has 316 valence electrons. The van der Waals surface area contributed by atoms with Crippen molar-refractivity contribution in [2.24, 2.45) is 0 Å². The number of allylic oxidation sites excluding steroid dienone is 1. The van der Waals surface area contributed by atoms with E-state index in [9.17, 15) is 5.41 Å². The van der Waals surface area contributed by atoms with E-state index in [0.717, 1.165) is 67.2 Å². The fraction of sp³-hybridized carbons (Fsp3) is 0.0156. The first kappa shape index (κ1) is 39.8. The zero-order valence-electron chi connectivity index (χ0n) is 36.8. The van der Waals surface area contributed by atoms with Crippen molar-refractivity contribution in [3.63, 3.8) is 0 Å². The van der Waals surface area contributed by atoms with Crippen molar-refractivity contribution in [1.82, 2.24) is 5.32 Å². The number of nitrogens with one attached hydrogen (secondary N) is 2. The van der Waals surface area contributed by atoms with Gasteiger partial charge in [0.25, 0.3) is 0 Å². The Morgan fingerprint density at radius 3 is 1.72 bits per heavy atom. The summed E-state index contributed by atoms with van der Waals surface area (Å²) in [5.74, 6) is 0. The van der Waals surface area contributed by atoms with E-state index in [1.807, 2.05) is 36.4 Å². The smallest absolute Gasteiger partial charge is 0.0714 e. The first-order valence-corrected chi connectivity index (χ1v) is 22.9. The predicted octanol–water partition coefficient (Wildman–Crippen LogP) is 15.7. The number of benzene rings is 10. The van der Waals surface area contributed by atoms with Crippen LogP contribution in [0.2, 0.25) is 0 Å². The maximum Gasteiger partial charge on any atom is 0.0714 e. The molecule has 0 unspecified atom stereocenters. The quantitative estimate of drug-likeness (QED) is 0.142. The topological polar surface area (TPSA) is 39.1 Å². The van der Waals surface area contributed by atoms with Crippen LogP contribution in [0.25, 0.3) is 44.9 Å². The van der Waals surface area contributed by atoms with Gasteiger partial charge in [-0.1, -0.05) is 231 Å². The van der Waals surface area contributed by atoms with E-state index in [-0.39, 0.29) is 0 Å². The monoisotopic (exact) mass is 855 g/mol. The lowest BCUT2D eigenvalue weighted by molar-refractivity contribution is 0.768. The van der Waals surface area contributed by atoms with Crippen molar-refractivity contribution in [2.45, 2.75) is 5.41 Å². The zero-order chi connectivity index (χ0) is 44.7. The SMILES string of the molecule is N=C(/C(=C1\NC(c2ccccc2)=Cc2ccc(N(c3cccc4c3-c3ccccc3C4(c3ccccc3)c3ccccc3)c3cccc4ccccc34)cc21)c1ccccc1)c1ccccc1. The van der Waals surface area contributed by atoms with Gasteiger partial charge >= 0.3 is 0 Å². The van der Waals surface area contributed by atoms with Crippen LogP contribution in [0.5, 0.6) is 0 Å². The standard InChI is InChI=1S/C64H45N3/c65-62(47-27-10-3-11-28-47)60(46-25-8-2-9-26-46)63-54-43-51(41-40-48(54)42-57(66-63)45-23-6-1-7-24-45)67(58-38-20-29-44-22-16-17-34-52(44)58)59-39-21-37-56-61(59)53-35-18-19-36-55(53)64(56,49-30-12-4-13-31-49)50-32-14-5-15-33-50/h1-43,65-66H/b63-60-,65-62?. The van der Waals surface area contributed by atoms with E-state index in [1.54, 1.807) is 0 Å². The van der Waals surface area contributed by atoms with E-state index in [2.05, 4.69) is 235 Å². The summed E-state index contributed by atoms with van der Waals surface area (Å²) in [6.45, 7) is 0. The Morgan fingerprint density at radius 1 is 0.448 bits per heavy atom. The summed E-state index contributed by atoms with van der Waals surface area (Å²) < 4.78 is 0. The minimum Gasteiger partial charge on any atom is -0.354 e. The van der Waals surface area contributed by atoms with E-state index in [0.29, 0.717) is 5.71 Å². The van der Waals surface area contributed by atoms with E-state index < -0.39 is 5.41 Å². The van der Waals surface area contributed by atoms with Gasteiger partial charge in [-0.2, -0.15) is 0 Å². The largest absolute Gasteiger partial charge is 0.354 e. The molecule has 1 aliphatic carbocycles. The first-order valence-electron chi connectivity index (χ1n) is 22.9. The number of rotatable bonds is 9. The van der Waals surface area contributed by atoms with Gasteiger partial charge in [-0.3, -0.25) is 5.41 Å². The molecule has 2 aliphatic rings. The lowest BCUT2D eigenvalue weighted by atomic mass is 9.68. The second-order valence-electron chi connectivity index (χ2n) is 17.2. The molecule has 10 aromatic rings. The molecular weight excluding hydrogens is 811 g/mol. The molecule has 0 saturated carbocycles. The summed E-state index contributed by atoms with van der Waals surface area (Å²) in [7, 11) is 0. The van der Waals surface area contributed by atoms with E-state index in [4.69, 9.17) is 0 Å². The van der Waals surface area contributed by atoms with Gasteiger partial charge in [0.15, 0.2) is 0 Å². The minimum absolute atomic E-state index is 0.446. The van der Waals surface area contributed by atoms with Gasteiger partial charge in [-0.05, 0) is 80.2 Å². The second kappa shape index (κ2) is 16.6. The minimum atomic E-state index is -0.564. The van der Waals surface area contributed by atoms with Crippen LogP contribution in [0.1, 0.15) is 50.1 Å². The van der Waals surface area contributed by atoms with Crippen molar-refractivity contribution in [3.8, 4) is 11.1 Å². The molecule has 0 radical (unpaired) electrons. The fourth-order valence-electron chi connectivity index (χ4n) is 10.6. The molecule has 3 heteroatoms. The zero-order valence-corrected chi connectivity index (χ0v) is 36.8. The number of nitrogens with zero attached hydrogens (tertiary/aromatic N) is 1. The number of fused-ring (bicyclic) bond motifs is 5. The fourth-order valence-corrected chi connectivity index (χ4v) is 10.6. The molecule has 0 aromatic heterocycles. The van der Waals surface area contributed by atoms with Crippen molar-refractivity contribution in [2.75, 3.05) is 4.90 Å². The molecule has 0 atom stereocenters. The van der Waals surface area contributed by atoms with Crippen molar-refractivity contribution < 1.29 is 0 Å². The first-order chi connectivity index (χ1) is 33.2. The summed E-state index contributed by atoms with van der Waals surface area (Å²) in [5.41, 5.74) is 18.1. The van der Waals surface area contributed by atoms with Crippen LogP contribution in [0.3, 0.4) is 0 Å². The number of hydrogen-bond acceptors (Lipinski definition) is 3. The van der Waals surface area contributed by atoms with Crippen LogP contribution in [0, 0.1) is 5.41 Å². The van der Waals surface area contributed by atoms with Gasteiger partial charge in [0.1, 0.15) is 0 Å². The van der Waals surface area contributed by atoms with Crippen LogP contribution < -0.4 is 10.2 Å². The number of anilines is 3. The Kier molecular flexibility index (Phi) is 9.88. The molecule has 0 fully saturated rings.